The summed E-state index contributed by atoms with van der Waals surface area (Å²) in [4.78, 5) is 14.9. The lowest BCUT2D eigenvalue weighted by Crippen LogP contribution is -2.31. The predicted octanol–water partition coefficient (Wildman–Crippen LogP) is 5.48. The Kier molecular flexibility index (Phi) is 6.15. The molecule has 0 atom stereocenters. The van der Waals surface area contributed by atoms with E-state index in [2.05, 4.69) is 0 Å². The van der Waals surface area contributed by atoms with Crippen LogP contribution in [0.1, 0.15) is 38.8 Å². The zero-order chi connectivity index (χ0) is 20.2. The molecule has 1 amide bonds. The molecule has 1 aromatic rings. The molecule has 0 spiro atoms. The standard InChI is InChI=1S/C21H21N3O2S/c1-14-6-8-16(9-7-14)18(17(11-22)12-23)10-19-24(13-15(2)27-19)20(25)26-21(3,4)5/h6-10,13H,1-5H3/b19-10+. The van der Waals surface area contributed by atoms with Crippen molar-refractivity contribution in [2.24, 2.45) is 0 Å². The molecule has 0 bridgehead atoms. The van der Waals surface area contributed by atoms with Crippen LogP contribution in [0.2, 0.25) is 0 Å². The van der Waals surface area contributed by atoms with Gasteiger partial charge in [-0.15, -0.1) is 0 Å². The molecule has 1 aliphatic heterocycles. The number of benzene rings is 1. The maximum atomic E-state index is 12.5. The van der Waals surface area contributed by atoms with Gasteiger partial charge in [-0.2, -0.15) is 10.5 Å². The number of hydrogen-bond acceptors (Lipinski definition) is 5. The molecule has 0 saturated carbocycles. The van der Waals surface area contributed by atoms with Crippen molar-refractivity contribution in [3.05, 3.63) is 63.2 Å². The van der Waals surface area contributed by atoms with E-state index in [1.807, 2.05) is 50.3 Å². The first kappa shape index (κ1) is 20.4. The van der Waals surface area contributed by atoms with Gasteiger partial charge in [-0.25, -0.2) is 9.69 Å². The van der Waals surface area contributed by atoms with E-state index in [-0.39, 0.29) is 5.57 Å². The first-order valence-electron chi connectivity index (χ1n) is 8.36. The normalized spacial score (nSPS) is 15.0. The van der Waals surface area contributed by atoms with E-state index < -0.39 is 11.7 Å². The minimum atomic E-state index is -0.628. The van der Waals surface area contributed by atoms with Crippen molar-refractivity contribution in [2.45, 2.75) is 40.2 Å². The van der Waals surface area contributed by atoms with Crippen LogP contribution in [0.4, 0.5) is 4.79 Å². The summed E-state index contributed by atoms with van der Waals surface area (Å²) < 4.78 is 5.46. The Morgan fingerprint density at radius 1 is 1.15 bits per heavy atom. The van der Waals surface area contributed by atoms with E-state index in [4.69, 9.17) is 4.74 Å². The maximum Gasteiger partial charge on any atom is 0.419 e. The molecule has 0 aromatic heterocycles. The second-order valence-electron chi connectivity index (χ2n) is 7.05. The molecular formula is C21H21N3O2S. The van der Waals surface area contributed by atoms with Crippen molar-refractivity contribution in [2.75, 3.05) is 0 Å². The molecule has 5 nitrogen and oxygen atoms in total. The smallest absolute Gasteiger partial charge is 0.419 e. The number of carbonyl (C=O) groups excluding carboxylic acids is 1. The fourth-order valence-corrected chi connectivity index (χ4v) is 3.23. The number of amides is 1. The second-order valence-corrected chi connectivity index (χ2v) is 8.32. The van der Waals surface area contributed by atoms with E-state index in [1.165, 1.54) is 16.7 Å². The summed E-state index contributed by atoms with van der Waals surface area (Å²) in [7, 11) is 0. The lowest BCUT2D eigenvalue weighted by atomic mass is 10.00. The fourth-order valence-electron chi connectivity index (χ4n) is 2.34. The highest BCUT2D eigenvalue weighted by Gasteiger charge is 2.28. The van der Waals surface area contributed by atoms with Crippen molar-refractivity contribution in [1.29, 1.82) is 10.5 Å². The first-order chi connectivity index (χ1) is 12.6. The predicted molar refractivity (Wildman–Crippen MR) is 107 cm³/mol. The number of aryl methyl sites for hydroxylation is 1. The third-order valence-corrected chi connectivity index (χ3v) is 4.48. The van der Waals surface area contributed by atoms with Crippen LogP contribution in [0.15, 0.2) is 52.0 Å². The zero-order valence-corrected chi connectivity index (χ0v) is 16.8. The number of ether oxygens (including phenoxy) is 1. The average molecular weight is 379 g/mol. The molecular weight excluding hydrogens is 358 g/mol. The van der Waals surface area contributed by atoms with E-state index in [0.717, 1.165) is 16.0 Å². The molecule has 27 heavy (non-hydrogen) atoms. The van der Waals surface area contributed by atoms with E-state index in [0.29, 0.717) is 10.6 Å². The molecule has 0 saturated heterocycles. The van der Waals surface area contributed by atoms with Crippen LogP contribution >= 0.6 is 11.8 Å². The van der Waals surface area contributed by atoms with Crippen molar-refractivity contribution in [1.82, 2.24) is 4.90 Å². The van der Waals surface area contributed by atoms with Crippen molar-refractivity contribution in [3.63, 3.8) is 0 Å². The molecule has 1 aromatic carbocycles. The van der Waals surface area contributed by atoms with E-state index in [9.17, 15) is 15.3 Å². The lowest BCUT2D eigenvalue weighted by molar-refractivity contribution is 0.0397. The van der Waals surface area contributed by atoms with Crippen molar-refractivity contribution >= 4 is 23.4 Å². The van der Waals surface area contributed by atoms with Gasteiger partial charge < -0.3 is 4.74 Å². The topological polar surface area (TPSA) is 77.1 Å². The van der Waals surface area contributed by atoms with Crippen LogP contribution in [-0.2, 0) is 4.74 Å². The SMILES string of the molecule is CC1=CN(C(=O)OC(C)(C)C)/C(=C\C(=C(C#N)C#N)c2ccc(C)cc2)S1. The van der Waals surface area contributed by atoms with Gasteiger partial charge in [-0.05, 0) is 46.3 Å². The molecule has 0 radical (unpaired) electrons. The Balaban J connectivity index is 2.51. The Bertz CT molecular complexity index is 904. The summed E-state index contributed by atoms with van der Waals surface area (Å²) >= 11 is 1.39. The minimum Gasteiger partial charge on any atom is -0.443 e. The van der Waals surface area contributed by atoms with Crippen LogP contribution in [0.5, 0.6) is 0 Å². The highest BCUT2D eigenvalue weighted by molar-refractivity contribution is 8.06. The molecule has 1 heterocycles. The number of nitriles is 2. The summed E-state index contributed by atoms with van der Waals surface area (Å²) in [5, 5.41) is 19.3. The maximum absolute atomic E-state index is 12.5. The Morgan fingerprint density at radius 2 is 1.74 bits per heavy atom. The summed E-state index contributed by atoms with van der Waals surface area (Å²) in [6, 6.07) is 11.4. The van der Waals surface area contributed by atoms with Gasteiger partial charge in [-0.3, -0.25) is 0 Å². The number of allylic oxidation sites excluding steroid dienone is 4. The summed E-state index contributed by atoms with van der Waals surface area (Å²) in [5.41, 5.74) is 1.64. The van der Waals surface area contributed by atoms with Crippen molar-refractivity contribution in [3.8, 4) is 12.1 Å². The number of hydrogen-bond donors (Lipinski definition) is 0. The molecule has 2 rings (SSSR count). The van der Waals surface area contributed by atoms with E-state index in [1.54, 1.807) is 33.0 Å². The molecule has 0 unspecified atom stereocenters. The third-order valence-electron chi connectivity index (χ3n) is 3.53. The monoisotopic (exact) mass is 379 g/mol. The van der Waals surface area contributed by atoms with Crippen molar-refractivity contribution < 1.29 is 9.53 Å². The van der Waals surface area contributed by atoms with Crippen LogP contribution in [0.3, 0.4) is 0 Å². The Hall–Kier alpha value is -2.96. The summed E-state index contributed by atoms with van der Waals surface area (Å²) in [6.07, 6.45) is 2.88. The molecule has 1 aliphatic rings. The Labute approximate surface area is 164 Å². The summed E-state index contributed by atoms with van der Waals surface area (Å²) in [6.45, 7) is 9.25. The number of thioether (sulfide) groups is 1. The van der Waals surface area contributed by atoms with Gasteiger partial charge in [-0.1, -0.05) is 41.6 Å². The highest BCUT2D eigenvalue weighted by Crippen LogP contribution is 2.39. The zero-order valence-electron chi connectivity index (χ0n) is 16.0. The quantitative estimate of drug-likeness (QED) is 0.636. The van der Waals surface area contributed by atoms with Crippen LogP contribution in [0, 0.1) is 29.6 Å². The van der Waals surface area contributed by atoms with Gasteiger partial charge in [0, 0.05) is 16.7 Å². The Morgan fingerprint density at radius 3 is 2.26 bits per heavy atom. The molecule has 6 heteroatoms. The second kappa shape index (κ2) is 8.16. The largest absolute Gasteiger partial charge is 0.443 e. The molecule has 0 fully saturated rings. The summed E-state index contributed by atoms with van der Waals surface area (Å²) in [5.74, 6) is 0. The van der Waals surface area contributed by atoms with Gasteiger partial charge in [0.2, 0.25) is 0 Å². The van der Waals surface area contributed by atoms with Gasteiger partial charge >= 0.3 is 6.09 Å². The van der Waals surface area contributed by atoms with Crippen LogP contribution in [-0.4, -0.2) is 16.6 Å². The van der Waals surface area contributed by atoms with Gasteiger partial charge in [0.15, 0.2) is 0 Å². The first-order valence-corrected chi connectivity index (χ1v) is 9.18. The molecule has 0 aliphatic carbocycles. The minimum absolute atomic E-state index is 0.0133. The average Bonchev–Trinajstić information content (AvgIpc) is 2.95. The highest BCUT2D eigenvalue weighted by atomic mass is 32.2. The fraction of sp³-hybridized carbons (Fsp3) is 0.286. The third kappa shape index (κ3) is 5.26. The van der Waals surface area contributed by atoms with Gasteiger partial charge in [0.1, 0.15) is 23.3 Å². The number of nitrogens with zero attached hydrogens (tertiary/aromatic N) is 3. The van der Waals surface area contributed by atoms with Gasteiger partial charge in [0.25, 0.3) is 0 Å². The van der Waals surface area contributed by atoms with E-state index >= 15 is 0 Å². The van der Waals surface area contributed by atoms with Gasteiger partial charge in [0.05, 0.1) is 5.03 Å². The lowest BCUT2D eigenvalue weighted by Gasteiger charge is -2.24. The van der Waals surface area contributed by atoms with Crippen LogP contribution in [0.25, 0.3) is 5.57 Å². The number of rotatable bonds is 2. The number of carbonyl (C=O) groups is 1. The molecule has 138 valence electrons. The van der Waals surface area contributed by atoms with Crippen LogP contribution < -0.4 is 0 Å². The molecule has 0 N–H and O–H groups in total.